The number of aliphatic hydroxyl groups is 7. The van der Waals surface area contributed by atoms with E-state index in [2.05, 4.69) is 10.5 Å². The van der Waals surface area contributed by atoms with Gasteiger partial charge in [-0.15, -0.1) is 0 Å². The molecule has 130 valence electrons. The van der Waals surface area contributed by atoms with Gasteiger partial charge in [0.05, 0.1) is 18.5 Å². The van der Waals surface area contributed by atoms with Crippen molar-refractivity contribution in [3.8, 4) is 0 Å². The molecule has 6 atom stereocenters. The molecule has 1 aromatic carbocycles. The summed E-state index contributed by atoms with van der Waals surface area (Å²) in [7, 11) is 0. The summed E-state index contributed by atoms with van der Waals surface area (Å²) in [5.41, 5.74) is 3.21. The molecule has 0 aliphatic heterocycles. The van der Waals surface area contributed by atoms with E-state index in [9.17, 15) is 30.6 Å². The molecule has 0 saturated heterocycles. The lowest BCUT2D eigenvalue weighted by Crippen LogP contribution is -2.53. The molecule has 9 nitrogen and oxygen atoms in total. The van der Waals surface area contributed by atoms with Gasteiger partial charge in [-0.25, -0.2) is 0 Å². The van der Waals surface area contributed by atoms with Crippen molar-refractivity contribution >= 4 is 11.9 Å². The molecule has 0 aliphatic carbocycles. The Morgan fingerprint density at radius 1 is 0.870 bits per heavy atom. The summed E-state index contributed by atoms with van der Waals surface area (Å²) in [5.74, 6) is 0. The highest BCUT2D eigenvalue weighted by molar-refractivity contribution is 5.65. The van der Waals surface area contributed by atoms with Crippen LogP contribution >= 0.6 is 0 Å². The first-order chi connectivity index (χ1) is 10.9. The molecule has 0 amide bonds. The van der Waals surface area contributed by atoms with Crippen LogP contribution in [0.25, 0.3) is 0 Å². The Morgan fingerprint density at radius 3 is 2.00 bits per heavy atom. The van der Waals surface area contributed by atoms with Gasteiger partial charge in [-0.1, -0.05) is 18.2 Å². The summed E-state index contributed by atoms with van der Waals surface area (Å²) in [6.45, 7) is -0.841. The van der Waals surface area contributed by atoms with Gasteiger partial charge in [0.1, 0.15) is 36.6 Å². The van der Waals surface area contributed by atoms with Crippen LogP contribution in [0.1, 0.15) is 0 Å². The number of nitrogens with zero attached hydrogens (tertiary/aromatic N) is 1. The lowest BCUT2D eigenvalue weighted by atomic mass is 9.97. The summed E-state index contributed by atoms with van der Waals surface area (Å²) < 4.78 is 0. The monoisotopic (exact) mass is 330 g/mol. The molecule has 23 heavy (non-hydrogen) atoms. The van der Waals surface area contributed by atoms with Crippen molar-refractivity contribution in [2.45, 2.75) is 36.6 Å². The van der Waals surface area contributed by atoms with Crippen LogP contribution in [0.3, 0.4) is 0 Å². The molecule has 0 heterocycles. The summed E-state index contributed by atoms with van der Waals surface area (Å²) in [4.78, 5) is 0. The van der Waals surface area contributed by atoms with E-state index in [-0.39, 0.29) is 0 Å². The standard InChI is InChI=1S/C14H22N2O7/c17-7-10(19)12(21)14(23)13(22)11(20)9(18)6-15-16-8-4-2-1-3-5-8/h1-6,9-14,16-23H,7H2/b15-6-/t9-,10+,11-,12+,13-,14+/m1/s1. The van der Waals surface area contributed by atoms with E-state index < -0.39 is 43.2 Å². The molecule has 0 radical (unpaired) electrons. The average molecular weight is 330 g/mol. The van der Waals surface area contributed by atoms with Gasteiger partial charge < -0.3 is 35.7 Å². The molecule has 0 aromatic heterocycles. The minimum atomic E-state index is -1.97. The lowest BCUT2D eigenvalue weighted by Gasteiger charge is -2.29. The third kappa shape index (κ3) is 5.84. The van der Waals surface area contributed by atoms with Gasteiger partial charge in [-0.3, -0.25) is 5.43 Å². The van der Waals surface area contributed by atoms with E-state index in [4.69, 9.17) is 5.11 Å². The van der Waals surface area contributed by atoms with E-state index in [1.807, 2.05) is 0 Å². The van der Waals surface area contributed by atoms with Crippen molar-refractivity contribution in [3.63, 3.8) is 0 Å². The SMILES string of the molecule is OC[C@H](O)[C@H](O)[C@H](O)[C@H](O)[C@H](O)[C@H](O)/C=N\Nc1ccccc1. The molecule has 9 heteroatoms. The number of aliphatic hydroxyl groups excluding tert-OH is 7. The Labute approximate surface area is 132 Å². The molecule has 1 aromatic rings. The first-order valence-electron chi connectivity index (χ1n) is 6.92. The Bertz CT molecular complexity index is 473. The quantitative estimate of drug-likeness (QED) is 0.178. The van der Waals surface area contributed by atoms with E-state index in [0.717, 1.165) is 6.21 Å². The van der Waals surface area contributed by atoms with Crippen molar-refractivity contribution in [1.29, 1.82) is 0 Å². The normalized spacial score (nSPS) is 19.8. The molecule has 0 fully saturated rings. The van der Waals surface area contributed by atoms with Crippen molar-refractivity contribution in [3.05, 3.63) is 30.3 Å². The van der Waals surface area contributed by atoms with Crippen LogP contribution in [0.4, 0.5) is 5.69 Å². The van der Waals surface area contributed by atoms with Gasteiger partial charge in [0, 0.05) is 0 Å². The minimum absolute atomic E-state index is 0.632. The second-order valence-corrected chi connectivity index (χ2v) is 4.96. The highest BCUT2D eigenvalue weighted by Crippen LogP contribution is 2.11. The van der Waals surface area contributed by atoms with E-state index in [1.54, 1.807) is 30.3 Å². The third-order valence-electron chi connectivity index (χ3n) is 3.18. The smallest absolute Gasteiger partial charge is 0.119 e. The number of hydrazone groups is 1. The van der Waals surface area contributed by atoms with Gasteiger partial charge in [-0.05, 0) is 12.1 Å². The highest BCUT2D eigenvalue weighted by Gasteiger charge is 2.36. The third-order valence-corrected chi connectivity index (χ3v) is 3.18. The summed E-state index contributed by atoms with van der Waals surface area (Å²) in [5, 5.41) is 69.7. The van der Waals surface area contributed by atoms with Crippen LogP contribution in [-0.2, 0) is 0 Å². The van der Waals surface area contributed by atoms with Crippen molar-refractivity contribution < 1.29 is 35.7 Å². The van der Waals surface area contributed by atoms with Crippen LogP contribution < -0.4 is 5.43 Å². The summed E-state index contributed by atoms with van der Waals surface area (Å²) in [6.07, 6.45) is -10.1. The molecule has 1 rings (SSSR count). The second-order valence-electron chi connectivity index (χ2n) is 4.96. The Morgan fingerprint density at radius 2 is 1.43 bits per heavy atom. The van der Waals surface area contributed by atoms with Crippen molar-refractivity contribution in [2.24, 2.45) is 5.10 Å². The Kier molecular flexibility index (Phi) is 8.06. The maximum atomic E-state index is 9.72. The lowest BCUT2D eigenvalue weighted by molar-refractivity contribution is -0.150. The van der Waals surface area contributed by atoms with Gasteiger partial charge in [0.15, 0.2) is 0 Å². The van der Waals surface area contributed by atoms with E-state index in [0.29, 0.717) is 5.69 Å². The molecule has 0 spiro atoms. The van der Waals surface area contributed by atoms with Gasteiger partial charge in [0.25, 0.3) is 0 Å². The zero-order chi connectivity index (χ0) is 17.4. The predicted molar refractivity (Wildman–Crippen MR) is 81.7 cm³/mol. The molecular weight excluding hydrogens is 308 g/mol. The number of para-hydroxylation sites is 1. The largest absolute Gasteiger partial charge is 0.394 e. The van der Waals surface area contributed by atoms with E-state index >= 15 is 0 Å². The summed E-state index contributed by atoms with van der Waals surface area (Å²) >= 11 is 0. The fourth-order valence-electron chi connectivity index (χ4n) is 1.73. The molecule has 0 unspecified atom stereocenters. The maximum Gasteiger partial charge on any atom is 0.119 e. The number of rotatable bonds is 9. The summed E-state index contributed by atoms with van der Waals surface area (Å²) in [6, 6.07) is 8.75. The van der Waals surface area contributed by atoms with Gasteiger partial charge in [-0.2, -0.15) is 5.10 Å². The minimum Gasteiger partial charge on any atom is -0.394 e. The fourth-order valence-corrected chi connectivity index (χ4v) is 1.73. The maximum absolute atomic E-state index is 9.72. The first-order valence-corrected chi connectivity index (χ1v) is 6.92. The number of nitrogens with one attached hydrogen (secondary N) is 1. The first kappa shape index (κ1) is 19.5. The van der Waals surface area contributed by atoms with Crippen LogP contribution in [0, 0.1) is 0 Å². The number of hydrogen-bond acceptors (Lipinski definition) is 9. The molecule has 0 saturated carbocycles. The molecule has 0 bridgehead atoms. The fraction of sp³-hybridized carbons (Fsp3) is 0.500. The average Bonchev–Trinajstić information content (AvgIpc) is 2.59. The zero-order valence-corrected chi connectivity index (χ0v) is 12.2. The Hall–Kier alpha value is -1.59. The number of hydrogen-bond donors (Lipinski definition) is 8. The van der Waals surface area contributed by atoms with E-state index in [1.165, 1.54) is 0 Å². The number of anilines is 1. The molecule has 0 aliphatic rings. The highest BCUT2D eigenvalue weighted by atomic mass is 16.4. The predicted octanol–water partition coefficient (Wildman–Crippen LogP) is -2.76. The van der Waals surface area contributed by atoms with Gasteiger partial charge >= 0.3 is 0 Å². The van der Waals surface area contributed by atoms with Crippen LogP contribution in [-0.4, -0.2) is 85.2 Å². The molecule has 8 N–H and O–H groups in total. The van der Waals surface area contributed by atoms with Crippen molar-refractivity contribution in [2.75, 3.05) is 12.0 Å². The van der Waals surface area contributed by atoms with Crippen LogP contribution in [0.15, 0.2) is 35.4 Å². The van der Waals surface area contributed by atoms with Crippen LogP contribution in [0.2, 0.25) is 0 Å². The van der Waals surface area contributed by atoms with Crippen LogP contribution in [0.5, 0.6) is 0 Å². The van der Waals surface area contributed by atoms with Crippen molar-refractivity contribution in [1.82, 2.24) is 0 Å². The topological polar surface area (TPSA) is 166 Å². The van der Waals surface area contributed by atoms with Gasteiger partial charge in [0.2, 0.25) is 0 Å². The Balaban J connectivity index is 2.55. The number of benzene rings is 1. The second kappa shape index (κ2) is 9.53. The zero-order valence-electron chi connectivity index (χ0n) is 12.2. The molecular formula is C14H22N2O7.